The van der Waals surface area contributed by atoms with Crippen molar-refractivity contribution in [3.63, 3.8) is 0 Å². The second-order valence-electron chi connectivity index (χ2n) is 8.87. The van der Waals surface area contributed by atoms with Crippen LogP contribution in [0.15, 0.2) is 47.4 Å². The summed E-state index contributed by atoms with van der Waals surface area (Å²) in [5.41, 5.74) is 0.0572. The first-order valence-electron chi connectivity index (χ1n) is 10.8. The third-order valence-corrected chi connectivity index (χ3v) is 8.08. The van der Waals surface area contributed by atoms with Crippen molar-refractivity contribution in [1.29, 1.82) is 0 Å². The molecule has 32 heavy (non-hydrogen) atoms. The molecule has 0 bridgehead atoms. The van der Waals surface area contributed by atoms with Gasteiger partial charge in [-0.3, -0.25) is 4.79 Å². The van der Waals surface area contributed by atoms with Crippen LogP contribution in [-0.2, 0) is 15.4 Å². The number of benzene rings is 2. The van der Waals surface area contributed by atoms with Crippen LogP contribution in [-0.4, -0.2) is 44.9 Å². The van der Waals surface area contributed by atoms with Crippen LogP contribution in [0.4, 0.5) is 4.39 Å². The molecule has 0 aliphatic carbocycles. The quantitative estimate of drug-likeness (QED) is 0.672. The number of nitrogens with one attached hydrogen (secondary N) is 1. The smallest absolute Gasteiger partial charge is 0.251 e. The monoisotopic (exact) mass is 462 g/mol. The van der Waals surface area contributed by atoms with Crippen molar-refractivity contribution >= 4 is 15.9 Å². The number of carbonyl (C=O) groups excluding carboxylic acids is 1. The molecular weight excluding hydrogens is 431 g/mol. The third-order valence-electron chi connectivity index (χ3n) is 6.05. The molecule has 6 nitrogen and oxygen atoms in total. The molecule has 0 radical (unpaired) electrons. The van der Waals surface area contributed by atoms with E-state index in [4.69, 9.17) is 4.74 Å². The molecule has 0 aromatic heterocycles. The molecule has 3 rings (SSSR count). The Balaban J connectivity index is 1.84. The summed E-state index contributed by atoms with van der Waals surface area (Å²) in [5, 5.41) is 2.81. The molecule has 2 aromatic rings. The van der Waals surface area contributed by atoms with E-state index in [1.165, 1.54) is 35.7 Å². The van der Waals surface area contributed by atoms with E-state index in [0.29, 0.717) is 12.1 Å². The zero-order valence-corrected chi connectivity index (χ0v) is 19.8. The van der Waals surface area contributed by atoms with Crippen molar-refractivity contribution in [3.8, 4) is 5.75 Å². The van der Waals surface area contributed by atoms with Crippen LogP contribution < -0.4 is 10.1 Å². The van der Waals surface area contributed by atoms with Crippen LogP contribution in [0.25, 0.3) is 0 Å². The first kappa shape index (κ1) is 24.2. The topological polar surface area (TPSA) is 75.7 Å². The van der Waals surface area contributed by atoms with Gasteiger partial charge < -0.3 is 10.1 Å². The molecule has 1 N–H and O–H groups in total. The maximum absolute atomic E-state index is 14.2. The fourth-order valence-electron chi connectivity index (χ4n) is 4.08. The van der Waals surface area contributed by atoms with E-state index in [1.54, 1.807) is 18.2 Å². The number of sulfonamides is 1. The Bertz CT molecular complexity index is 1090. The summed E-state index contributed by atoms with van der Waals surface area (Å²) < 4.78 is 47.7. The van der Waals surface area contributed by atoms with Crippen molar-refractivity contribution in [2.24, 2.45) is 0 Å². The maximum Gasteiger partial charge on any atom is 0.251 e. The Labute approximate surface area is 189 Å². The minimum Gasteiger partial charge on any atom is -0.495 e. The number of amides is 1. The molecule has 8 heteroatoms. The van der Waals surface area contributed by atoms with Crippen LogP contribution in [0, 0.1) is 5.82 Å². The van der Waals surface area contributed by atoms with Gasteiger partial charge in [0.1, 0.15) is 16.5 Å². The number of carbonyl (C=O) groups is 1. The summed E-state index contributed by atoms with van der Waals surface area (Å²) in [4.78, 5) is 12.9. The number of ether oxygens (including phenoxy) is 1. The van der Waals surface area contributed by atoms with Crippen molar-refractivity contribution in [1.82, 2.24) is 9.62 Å². The fraction of sp³-hybridized carbons (Fsp3) is 0.458. The Morgan fingerprint density at radius 2 is 1.94 bits per heavy atom. The second kappa shape index (κ2) is 9.58. The average Bonchev–Trinajstić information content (AvgIpc) is 2.77. The number of piperidine rings is 1. The van der Waals surface area contributed by atoms with Gasteiger partial charge in [-0.1, -0.05) is 38.5 Å². The molecule has 1 aliphatic heterocycles. The lowest BCUT2D eigenvalue weighted by atomic mass is 9.84. The van der Waals surface area contributed by atoms with Crippen LogP contribution in [0.5, 0.6) is 5.75 Å². The number of methoxy groups -OCH3 is 1. The second-order valence-corrected chi connectivity index (χ2v) is 10.7. The van der Waals surface area contributed by atoms with E-state index in [2.05, 4.69) is 5.32 Å². The minimum atomic E-state index is -3.82. The van der Waals surface area contributed by atoms with E-state index in [9.17, 15) is 17.6 Å². The van der Waals surface area contributed by atoms with Gasteiger partial charge in [-0.25, -0.2) is 12.8 Å². The Kier molecular flexibility index (Phi) is 7.25. The molecule has 1 aliphatic rings. The van der Waals surface area contributed by atoms with Gasteiger partial charge in [0.25, 0.3) is 5.91 Å². The molecule has 1 atom stereocenters. The Morgan fingerprint density at radius 3 is 2.59 bits per heavy atom. The predicted molar refractivity (Wildman–Crippen MR) is 122 cm³/mol. The number of nitrogens with zero attached hydrogens (tertiary/aromatic N) is 1. The zero-order valence-electron chi connectivity index (χ0n) is 19.0. The molecule has 0 spiro atoms. The van der Waals surface area contributed by atoms with Gasteiger partial charge in [-0.05, 0) is 49.6 Å². The first-order valence-corrected chi connectivity index (χ1v) is 12.2. The van der Waals surface area contributed by atoms with Crippen LogP contribution in [0.2, 0.25) is 0 Å². The number of hydrogen-bond acceptors (Lipinski definition) is 4. The Morgan fingerprint density at radius 1 is 1.22 bits per heavy atom. The molecule has 0 saturated carbocycles. The molecule has 2 aromatic carbocycles. The largest absolute Gasteiger partial charge is 0.495 e. The molecule has 1 amide bonds. The highest BCUT2D eigenvalue weighted by Crippen LogP contribution is 2.32. The van der Waals surface area contributed by atoms with Gasteiger partial charge >= 0.3 is 0 Å². The lowest BCUT2D eigenvalue weighted by Crippen LogP contribution is -2.42. The van der Waals surface area contributed by atoms with Crippen molar-refractivity contribution in [2.75, 3.05) is 20.2 Å². The Hall–Kier alpha value is -2.45. The molecule has 1 fully saturated rings. The highest BCUT2D eigenvalue weighted by molar-refractivity contribution is 7.89. The first-order chi connectivity index (χ1) is 15.1. The number of halogens is 1. The van der Waals surface area contributed by atoms with E-state index < -0.39 is 21.3 Å². The minimum absolute atomic E-state index is 0.0187. The van der Waals surface area contributed by atoms with Crippen LogP contribution in [0.1, 0.15) is 56.0 Å². The standard InChI is InChI=1S/C24H31FN2O4S/c1-17-9-7-8-14-27(17)32(29,30)22-15-18(12-13-21(22)31-4)23(28)26-16-24(2,3)19-10-5-6-11-20(19)25/h5-6,10-13,15,17H,7-9,14,16H2,1-4H3,(H,26,28). The summed E-state index contributed by atoms with van der Waals surface area (Å²) in [6.45, 7) is 6.20. The van der Waals surface area contributed by atoms with Gasteiger partial charge in [0, 0.05) is 30.1 Å². The van der Waals surface area contributed by atoms with E-state index in [0.717, 1.165) is 19.3 Å². The summed E-state index contributed by atoms with van der Waals surface area (Å²) in [6, 6.07) is 10.7. The summed E-state index contributed by atoms with van der Waals surface area (Å²) in [6.07, 6.45) is 2.59. The van der Waals surface area contributed by atoms with Crippen molar-refractivity contribution < 1.29 is 22.3 Å². The molecule has 174 valence electrons. The van der Waals surface area contributed by atoms with Gasteiger partial charge in [-0.15, -0.1) is 0 Å². The number of rotatable bonds is 7. The number of hydrogen-bond donors (Lipinski definition) is 1. The summed E-state index contributed by atoms with van der Waals surface area (Å²) in [5.74, 6) is -0.563. The van der Waals surface area contributed by atoms with Crippen LogP contribution >= 0.6 is 0 Å². The molecule has 1 heterocycles. The normalized spacial score (nSPS) is 17.7. The summed E-state index contributed by atoms with van der Waals surface area (Å²) >= 11 is 0. The van der Waals surface area contributed by atoms with Crippen molar-refractivity contribution in [3.05, 3.63) is 59.4 Å². The maximum atomic E-state index is 14.2. The molecular formula is C24H31FN2O4S. The lowest BCUT2D eigenvalue weighted by Gasteiger charge is -2.32. The summed E-state index contributed by atoms with van der Waals surface area (Å²) in [7, 11) is -2.42. The predicted octanol–water partition coefficient (Wildman–Crippen LogP) is 4.11. The highest BCUT2D eigenvalue weighted by Gasteiger charge is 2.34. The fourth-order valence-corrected chi connectivity index (χ4v) is 5.97. The SMILES string of the molecule is COc1ccc(C(=O)NCC(C)(C)c2ccccc2F)cc1S(=O)(=O)N1CCCCC1C. The zero-order chi connectivity index (χ0) is 23.5. The molecule has 1 saturated heterocycles. The lowest BCUT2D eigenvalue weighted by molar-refractivity contribution is 0.0945. The highest BCUT2D eigenvalue weighted by atomic mass is 32.2. The average molecular weight is 463 g/mol. The van der Waals surface area contributed by atoms with Crippen LogP contribution in [0.3, 0.4) is 0 Å². The van der Waals surface area contributed by atoms with E-state index in [-0.39, 0.29) is 34.6 Å². The van der Waals surface area contributed by atoms with Crippen molar-refractivity contribution in [2.45, 2.75) is 56.4 Å². The van der Waals surface area contributed by atoms with Gasteiger partial charge in [0.05, 0.1) is 7.11 Å². The van der Waals surface area contributed by atoms with E-state index >= 15 is 0 Å². The van der Waals surface area contributed by atoms with E-state index in [1.807, 2.05) is 20.8 Å². The van der Waals surface area contributed by atoms with Gasteiger partial charge in [0.2, 0.25) is 10.0 Å². The third kappa shape index (κ3) is 4.96. The van der Waals surface area contributed by atoms with Gasteiger partial charge in [0.15, 0.2) is 0 Å². The molecule has 1 unspecified atom stereocenters. The van der Waals surface area contributed by atoms with Gasteiger partial charge in [-0.2, -0.15) is 4.31 Å².